The minimum atomic E-state index is -0.287. The first-order chi connectivity index (χ1) is 11.1. The second-order valence-electron chi connectivity index (χ2n) is 5.78. The Bertz CT molecular complexity index is 782. The van der Waals surface area contributed by atoms with Crippen LogP contribution in [0, 0.1) is 6.92 Å². The first kappa shape index (κ1) is 15.3. The average molecular weight is 312 g/mol. The molecule has 0 radical (unpaired) electrons. The van der Waals surface area contributed by atoms with Gasteiger partial charge in [0.05, 0.1) is 12.2 Å². The summed E-state index contributed by atoms with van der Waals surface area (Å²) in [6, 6.07) is 8.96. The van der Waals surface area contributed by atoms with Crippen LogP contribution in [0.2, 0.25) is 0 Å². The number of amides is 2. The summed E-state index contributed by atoms with van der Waals surface area (Å²) in [5.74, 6) is 0. The number of nitrogens with one attached hydrogen (secondary N) is 2. The molecule has 2 amide bonds. The lowest BCUT2D eigenvalue weighted by molar-refractivity contribution is 0.251. The molecule has 1 aromatic carbocycles. The average Bonchev–Trinajstić information content (AvgIpc) is 2.94. The highest BCUT2D eigenvalue weighted by Gasteiger charge is 2.14. The number of rotatable bonds is 4. The van der Waals surface area contributed by atoms with Gasteiger partial charge in [0.1, 0.15) is 0 Å². The summed E-state index contributed by atoms with van der Waals surface area (Å²) < 4.78 is 1.43. The number of aromatic nitrogens is 2. The molecule has 120 valence electrons. The number of benzene rings is 1. The van der Waals surface area contributed by atoms with E-state index >= 15 is 0 Å². The van der Waals surface area contributed by atoms with Gasteiger partial charge in [-0.05, 0) is 49.4 Å². The first-order valence-corrected chi connectivity index (χ1v) is 7.83. The number of anilines is 1. The van der Waals surface area contributed by atoms with Crippen LogP contribution in [-0.4, -0.2) is 22.4 Å². The van der Waals surface area contributed by atoms with Crippen LogP contribution in [0.15, 0.2) is 35.1 Å². The zero-order chi connectivity index (χ0) is 16.2. The molecule has 1 aliphatic rings. The molecule has 0 unspecified atom stereocenters. The monoisotopic (exact) mass is 312 g/mol. The molecule has 2 N–H and O–H groups in total. The van der Waals surface area contributed by atoms with Gasteiger partial charge in [-0.15, -0.1) is 0 Å². The molecule has 0 saturated carbocycles. The minimum absolute atomic E-state index is 0.105. The highest BCUT2D eigenvalue weighted by atomic mass is 16.2. The number of urea groups is 1. The molecule has 1 aromatic heterocycles. The van der Waals surface area contributed by atoms with E-state index in [4.69, 9.17) is 0 Å². The van der Waals surface area contributed by atoms with Gasteiger partial charge in [-0.25, -0.2) is 9.48 Å². The number of aryl methyl sites for hydroxylation is 3. The Labute approximate surface area is 134 Å². The van der Waals surface area contributed by atoms with E-state index in [1.807, 2.05) is 31.2 Å². The molecule has 23 heavy (non-hydrogen) atoms. The topological polar surface area (TPSA) is 76.0 Å². The third-order valence-corrected chi connectivity index (χ3v) is 3.91. The summed E-state index contributed by atoms with van der Waals surface area (Å²) in [7, 11) is 0. The second-order valence-corrected chi connectivity index (χ2v) is 5.78. The van der Waals surface area contributed by atoms with Gasteiger partial charge in [0.15, 0.2) is 0 Å². The molecule has 0 aliphatic heterocycles. The predicted octanol–water partition coefficient (Wildman–Crippen LogP) is 1.86. The van der Waals surface area contributed by atoms with Crippen LogP contribution in [0.5, 0.6) is 0 Å². The number of hydrogen-bond donors (Lipinski definition) is 2. The van der Waals surface area contributed by atoms with E-state index in [2.05, 4.69) is 15.7 Å². The maximum Gasteiger partial charge on any atom is 0.319 e. The van der Waals surface area contributed by atoms with Gasteiger partial charge in [-0.1, -0.05) is 12.1 Å². The Kier molecular flexibility index (Phi) is 4.41. The number of carbonyl (C=O) groups excluding carboxylic acids is 1. The fraction of sp³-hybridized carbons (Fsp3) is 0.353. The summed E-state index contributed by atoms with van der Waals surface area (Å²) >= 11 is 0. The third-order valence-electron chi connectivity index (χ3n) is 3.91. The second kappa shape index (κ2) is 6.64. The van der Waals surface area contributed by atoms with E-state index in [0.717, 1.165) is 41.8 Å². The van der Waals surface area contributed by atoms with Gasteiger partial charge in [0.2, 0.25) is 0 Å². The van der Waals surface area contributed by atoms with Crippen LogP contribution in [0.3, 0.4) is 0 Å². The smallest absolute Gasteiger partial charge is 0.319 e. The molecular formula is C17H20N4O2. The fourth-order valence-corrected chi connectivity index (χ4v) is 2.77. The van der Waals surface area contributed by atoms with Gasteiger partial charge in [0.25, 0.3) is 5.56 Å². The van der Waals surface area contributed by atoms with Crippen molar-refractivity contribution in [1.29, 1.82) is 0 Å². The molecule has 1 aliphatic carbocycles. The van der Waals surface area contributed by atoms with Crippen molar-refractivity contribution in [3.63, 3.8) is 0 Å². The van der Waals surface area contributed by atoms with Crippen molar-refractivity contribution in [1.82, 2.24) is 15.1 Å². The summed E-state index contributed by atoms with van der Waals surface area (Å²) in [5.41, 5.74) is 3.80. The van der Waals surface area contributed by atoms with Crippen molar-refractivity contribution in [2.24, 2.45) is 0 Å². The van der Waals surface area contributed by atoms with Crippen molar-refractivity contribution in [2.75, 3.05) is 11.9 Å². The quantitative estimate of drug-likeness (QED) is 0.905. The molecule has 1 heterocycles. The van der Waals surface area contributed by atoms with Crippen LogP contribution in [0.4, 0.5) is 10.5 Å². The van der Waals surface area contributed by atoms with Crippen molar-refractivity contribution >= 4 is 11.7 Å². The molecule has 6 nitrogen and oxygen atoms in total. The molecule has 2 aromatic rings. The Hall–Kier alpha value is -2.63. The van der Waals surface area contributed by atoms with E-state index in [0.29, 0.717) is 13.1 Å². The Balaban J connectivity index is 1.53. The number of carbonyl (C=O) groups is 1. The van der Waals surface area contributed by atoms with Crippen LogP contribution in [-0.2, 0) is 19.4 Å². The lowest BCUT2D eigenvalue weighted by Crippen LogP contribution is -2.34. The minimum Gasteiger partial charge on any atom is -0.336 e. The molecule has 0 fully saturated rings. The first-order valence-electron chi connectivity index (χ1n) is 7.83. The Morgan fingerprint density at radius 1 is 1.30 bits per heavy atom. The SMILES string of the molecule is Cc1cccc(NC(=O)NCCn2nc3c(cc2=O)CCC3)c1. The lowest BCUT2D eigenvalue weighted by atomic mass is 10.2. The third kappa shape index (κ3) is 3.77. The zero-order valence-corrected chi connectivity index (χ0v) is 13.1. The van der Waals surface area contributed by atoms with Gasteiger partial charge in [-0.2, -0.15) is 5.10 Å². The van der Waals surface area contributed by atoms with Crippen molar-refractivity contribution in [2.45, 2.75) is 32.7 Å². The van der Waals surface area contributed by atoms with E-state index in [-0.39, 0.29) is 11.6 Å². The highest BCUT2D eigenvalue weighted by molar-refractivity contribution is 5.89. The van der Waals surface area contributed by atoms with E-state index in [1.54, 1.807) is 6.07 Å². The summed E-state index contributed by atoms with van der Waals surface area (Å²) in [6.07, 6.45) is 2.93. The normalized spacial score (nSPS) is 12.7. The van der Waals surface area contributed by atoms with Gasteiger partial charge in [-0.3, -0.25) is 4.79 Å². The standard InChI is InChI=1S/C17H20N4O2/c1-12-4-2-6-14(10-12)19-17(23)18-8-9-21-16(22)11-13-5-3-7-15(13)20-21/h2,4,6,10-11H,3,5,7-9H2,1H3,(H2,18,19,23). The summed E-state index contributed by atoms with van der Waals surface area (Å²) in [6.45, 7) is 2.69. The van der Waals surface area contributed by atoms with Gasteiger partial charge in [0, 0.05) is 18.3 Å². The van der Waals surface area contributed by atoms with Crippen LogP contribution in [0.25, 0.3) is 0 Å². The van der Waals surface area contributed by atoms with Gasteiger partial charge >= 0.3 is 6.03 Å². The van der Waals surface area contributed by atoms with E-state index in [1.165, 1.54) is 4.68 Å². The maximum atomic E-state index is 12.0. The predicted molar refractivity (Wildman–Crippen MR) is 88.7 cm³/mol. The lowest BCUT2D eigenvalue weighted by Gasteiger charge is -2.10. The summed E-state index contributed by atoms with van der Waals surface area (Å²) in [5, 5.41) is 9.89. The van der Waals surface area contributed by atoms with E-state index in [9.17, 15) is 9.59 Å². The van der Waals surface area contributed by atoms with Crippen LogP contribution in [0.1, 0.15) is 23.2 Å². The molecule has 0 spiro atoms. The Morgan fingerprint density at radius 2 is 2.17 bits per heavy atom. The van der Waals surface area contributed by atoms with E-state index < -0.39 is 0 Å². The molecule has 0 bridgehead atoms. The van der Waals surface area contributed by atoms with Crippen molar-refractivity contribution < 1.29 is 4.79 Å². The molecule has 0 atom stereocenters. The summed E-state index contributed by atoms with van der Waals surface area (Å²) in [4.78, 5) is 23.8. The largest absolute Gasteiger partial charge is 0.336 e. The number of fused-ring (bicyclic) bond motifs is 1. The zero-order valence-electron chi connectivity index (χ0n) is 13.1. The van der Waals surface area contributed by atoms with Crippen molar-refractivity contribution in [3.05, 3.63) is 57.5 Å². The highest BCUT2D eigenvalue weighted by Crippen LogP contribution is 2.16. The Morgan fingerprint density at radius 3 is 3.00 bits per heavy atom. The molecule has 0 saturated heterocycles. The molecule has 3 rings (SSSR count). The number of nitrogens with zero attached hydrogens (tertiary/aromatic N) is 2. The molecular weight excluding hydrogens is 292 g/mol. The van der Waals surface area contributed by atoms with Crippen molar-refractivity contribution in [3.8, 4) is 0 Å². The van der Waals surface area contributed by atoms with Gasteiger partial charge < -0.3 is 10.6 Å². The number of hydrogen-bond acceptors (Lipinski definition) is 3. The fourth-order valence-electron chi connectivity index (χ4n) is 2.77. The maximum absolute atomic E-state index is 12.0. The van der Waals surface area contributed by atoms with Crippen LogP contribution >= 0.6 is 0 Å². The van der Waals surface area contributed by atoms with Crippen LogP contribution < -0.4 is 16.2 Å². The molecule has 6 heteroatoms.